The van der Waals surface area contributed by atoms with Crippen LogP contribution in [0.4, 0.5) is 0 Å². The van der Waals surface area contributed by atoms with Crippen molar-refractivity contribution in [2.45, 2.75) is 25.0 Å². The van der Waals surface area contributed by atoms with E-state index in [0.717, 1.165) is 12.8 Å². The lowest BCUT2D eigenvalue weighted by Gasteiger charge is -2.10. The molecule has 1 saturated carbocycles. The fourth-order valence-corrected chi connectivity index (χ4v) is 3.20. The van der Waals surface area contributed by atoms with E-state index < -0.39 is 9.84 Å². The molecule has 12 heavy (non-hydrogen) atoms. The molecular weight excluding hydrogens is 174 g/mol. The van der Waals surface area contributed by atoms with Gasteiger partial charge in [-0.3, -0.25) is 0 Å². The fraction of sp³-hybridized carbons (Fsp3) is 1.00. The minimum Gasteiger partial charge on any atom is -0.330 e. The van der Waals surface area contributed by atoms with Gasteiger partial charge in [0, 0.05) is 6.26 Å². The van der Waals surface area contributed by atoms with Gasteiger partial charge in [0.15, 0.2) is 0 Å². The molecule has 0 bridgehead atoms. The normalized spacial score (nSPS) is 37.1. The Labute approximate surface area is 74.3 Å². The quantitative estimate of drug-likeness (QED) is 0.687. The first-order valence-corrected chi connectivity index (χ1v) is 6.29. The third-order valence-electron chi connectivity index (χ3n) is 2.91. The van der Waals surface area contributed by atoms with Gasteiger partial charge in [-0.05, 0) is 31.2 Å². The van der Waals surface area contributed by atoms with Gasteiger partial charge in [0.2, 0.25) is 0 Å². The molecule has 0 aromatic heterocycles. The minimum absolute atomic E-state index is 0.138. The lowest BCUT2D eigenvalue weighted by molar-refractivity contribution is 0.429. The second kappa shape index (κ2) is 3.34. The van der Waals surface area contributed by atoms with E-state index in [1.54, 1.807) is 0 Å². The van der Waals surface area contributed by atoms with Gasteiger partial charge in [-0.2, -0.15) is 0 Å². The fourth-order valence-electron chi connectivity index (χ4n) is 1.95. The van der Waals surface area contributed by atoms with Crippen LogP contribution < -0.4 is 5.73 Å². The van der Waals surface area contributed by atoms with Gasteiger partial charge >= 0.3 is 0 Å². The van der Waals surface area contributed by atoms with Crippen LogP contribution in [0.3, 0.4) is 0 Å². The number of rotatable bonds is 2. The van der Waals surface area contributed by atoms with E-state index in [9.17, 15) is 8.42 Å². The van der Waals surface area contributed by atoms with Crippen molar-refractivity contribution in [1.29, 1.82) is 0 Å². The number of nitrogens with two attached hydrogens (primary N) is 1. The Bertz CT molecular complexity index is 248. The van der Waals surface area contributed by atoms with Crippen molar-refractivity contribution < 1.29 is 8.42 Å². The highest BCUT2D eigenvalue weighted by molar-refractivity contribution is 7.91. The van der Waals surface area contributed by atoms with Crippen molar-refractivity contribution in [3.05, 3.63) is 0 Å². The molecule has 72 valence electrons. The summed E-state index contributed by atoms with van der Waals surface area (Å²) in [7, 11) is -2.83. The van der Waals surface area contributed by atoms with Crippen LogP contribution in [-0.2, 0) is 9.84 Å². The zero-order valence-electron chi connectivity index (χ0n) is 7.66. The van der Waals surface area contributed by atoms with E-state index in [4.69, 9.17) is 5.73 Å². The average Bonchev–Trinajstić information content (AvgIpc) is 2.29. The topological polar surface area (TPSA) is 60.2 Å². The minimum atomic E-state index is -2.83. The van der Waals surface area contributed by atoms with E-state index in [1.807, 2.05) is 0 Å². The molecule has 0 unspecified atom stereocenters. The molecule has 1 aliphatic carbocycles. The van der Waals surface area contributed by atoms with Crippen LogP contribution in [0.1, 0.15) is 19.8 Å². The predicted octanol–water partition coefficient (Wildman–Crippen LogP) is 0.404. The summed E-state index contributed by atoms with van der Waals surface area (Å²) in [5.41, 5.74) is 5.53. The first-order chi connectivity index (χ1) is 5.45. The molecule has 3 nitrogen and oxygen atoms in total. The number of hydrogen-bond donors (Lipinski definition) is 1. The molecular formula is C8H17NO2S. The molecule has 0 aliphatic heterocycles. The van der Waals surface area contributed by atoms with E-state index in [0.29, 0.717) is 18.4 Å². The van der Waals surface area contributed by atoms with Crippen LogP contribution >= 0.6 is 0 Å². The highest BCUT2D eigenvalue weighted by atomic mass is 32.2. The molecule has 4 heteroatoms. The highest BCUT2D eigenvalue weighted by Crippen LogP contribution is 2.34. The summed E-state index contributed by atoms with van der Waals surface area (Å²) >= 11 is 0. The van der Waals surface area contributed by atoms with Crippen LogP contribution in [0.25, 0.3) is 0 Å². The molecule has 0 aromatic carbocycles. The Morgan fingerprint density at radius 1 is 1.42 bits per heavy atom. The molecule has 0 spiro atoms. The average molecular weight is 191 g/mol. The van der Waals surface area contributed by atoms with E-state index >= 15 is 0 Å². The SMILES string of the molecule is C[C@H]1C[C@@H](S(C)(=O)=O)C[C@@H]1CN. The lowest BCUT2D eigenvalue weighted by atomic mass is 9.99. The monoisotopic (exact) mass is 191 g/mol. The summed E-state index contributed by atoms with van der Waals surface area (Å²) in [6, 6.07) is 0. The first-order valence-electron chi connectivity index (χ1n) is 4.34. The summed E-state index contributed by atoms with van der Waals surface area (Å²) in [4.78, 5) is 0. The Balaban J connectivity index is 2.67. The first kappa shape index (κ1) is 9.99. The third kappa shape index (κ3) is 1.98. The Hall–Kier alpha value is -0.0900. The van der Waals surface area contributed by atoms with Gasteiger partial charge in [0.05, 0.1) is 5.25 Å². The van der Waals surface area contributed by atoms with Crippen molar-refractivity contribution in [2.75, 3.05) is 12.8 Å². The molecule has 1 fully saturated rings. The van der Waals surface area contributed by atoms with Gasteiger partial charge < -0.3 is 5.73 Å². The van der Waals surface area contributed by atoms with Gasteiger partial charge in [-0.1, -0.05) is 6.92 Å². The summed E-state index contributed by atoms with van der Waals surface area (Å²) < 4.78 is 22.4. The molecule has 0 amide bonds. The van der Waals surface area contributed by atoms with Crippen molar-refractivity contribution in [2.24, 2.45) is 17.6 Å². The molecule has 3 atom stereocenters. The van der Waals surface area contributed by atoms with E-state index in [2.05, 4.69) is 6.92 Å². The number of sulfone groups is 1. The summed E-state index contributed by atoms with van der Waals surface area (Å²) in [6.07, 6.45) is 2.88. The van der Waals surface area contributed by atoms with Crippen LogP contribution in [0, 0.1) is 11.8 Å². The predicted molar refractivity (Wildman–Crippen MR) is 49.6 cm³/mol. The van der Waals surface area contributed by atoms with Gasteiger partial charge in [0.1, 0.15) is 9.84 Å². The summed E-state index contributed by atoms with van der Waals surface area (Å²) in [5.74, 6) is 0.874. The maximum absolute atomic E-state index is 11.2. The second-order valence-corrected chi connectivity index (χ2v) is 6.22. The van der Waals surface area contributed by atoms with Crippen LogP contribution in [0.15, 0.2) is 0 Å². The van der Waals surface area contributed by atoms with Crippen LogP contribution in [0.5, 0.6) is 0 Å². The number of hydrogen-bond acceptors (Lipinski definition) is 3. The second-order valence-electron chi connectivity index (χ2n) is 3.90. The molecule has 1 aliphatic rings. The van der Waals surface area contributed by atoms with Gasteiger partial charge in [-0.25, -0.2) is 8.42 Å². The van der Waals surface area contributed by atoms with Crippen molar-refractivity contribution in [3.8, 4) is 0 Å². The molecule has 1 rings (SSSR count). The van der Waals surface area contributed by atoms with E-state index in [1.165, 1.54) is 6.26 Å². The zero-order valence-corrected chi connectivity index (χ0v) is 8.47. The van der Waals surface area contributed by atoms with Gasteiger partial charge in [0.25, 0.3) is 0 Å². The molecule has 0 saturated heterocycles. The van der Waals surface area contributed by atoms with Crippen molar-refractivity contribution in [3.63, 3.8) is 0 Å². The molecule has 2 N–H and O–H groups in total. The van der Waals surface area contributed by atoms with Crippen molar-refractivity contribution in [1.82, 2.24) is 0 Å². The largest absolute Gasteiger partial charge is 0.330 e. The Morgan fingerprint density at radius 2 is 2.00 bits per heavy atom. The van der Waals surface area contributed by atoms with Crippen LogP contribution in [0.2, 0.25) is 0 Å². The van der Waals surface area contributed by atoms with Crippen LogP contribution in [-0.4, -0.2) is 26.5 Å². The standard InChI is InChI=1S/C8H17NO2S/c1-6-3-8(12(2,10)11)4-7(6)5-9/h6-8H,3-5,9H2,1-2H3/t6-,7+,8+/m0/s1. The molecule has 0 radical (unpaired) electrons. The molecule has 0 heterocycles. The Morgan fingerprint density at radius 3 is 2.25 bits per heavy atom. The van der Waals surface area contributed by atoms with Gasteiger partial charge in [-0.15, -0.1) is 0 Å². The van der Waals surface area contributed by atoms with Crippen molar-refractivity contribution >= 4 is 9.84 Å². The Kier molecular flexibility index (Phi) is 2.78. The van der Waals surface area contributed by atoms with E-state index in [-0.39, 0.29) is 5.25 Å². The maximum atomic E-state index is 11.2. The zero-order chi connectivity index (χ0) is 9.35. The highest BCUT2D eigenvalue weighted by Gasteiger charge is 2.35. The maximum Gasteiger partial charge on any atom is 0.150 e. The molecule has 0 aromatic rings. The summed E-state index contributed by atoms with van der Waals surface area (Å²) in [6.45, 7) is 2.70. The third-order valence-corrected chi connectivity index (χ3v) is 4.51. The smallest absolute Gasteiger partial charge is 0.150 e. The summed E-state index contributed by atoms with van der Waals surface area (Å²) in [5, 5.41) is -0.138. The lowest BCUT2D eigenvalue weighted by Crippen LogP contribution is -2.18.